The Morgan fingerprint density at radius 1 is 1.41 bits per heavy atom. The molecule has 1 aromatic carbocycles. The first-order valence-electron chi connectivity index (χ1n) is 5.49. The van der Waals surface area contributed by atoms with Crippen LogP contribution < -0.4 is 5.32 Å². The number of amides is 1. The highest BCUT2D eigenvalue weighted by molar-refractivity contribution is 9.10. The van der Waals surface area contributed by atoms with E-state index >= 15 is 0 Å². The predicted molar refractivity (Wildman–Crippen MR) is 75.2 cm³/mol. The standard InChI is InChI=1S/C13H17BrClNO/c1-9(10-4-6-11(14)7-5-10)16-12(17)13(2,3)8-15/h4-7,9H,8H2,1-3H3,(H,16,17)/t9-/m0/s1. The number of carbonyl (C=O) groups excluding carboxylic acids is 1. The first-order valence-corrected chi connectivity index (χ1v) is 6.82. The minimum Gasteiger partial charge on any atom is -0.349 e. The molecule has 1 amide bonds. The summed E-state index contributed by atoms with van der Waals surface area (Å²) in [4.78, 5) is 11.9. The minimum atomic E-state index is -0.537. The number of alkyl halides is 1. The van der Waals surface area contributed by atoms with Crippen molar-refractivity contribution in [2.45, 2.75) is 26.8 Å². The molecule has 0 bridgehead atoms. The lowest BCUT2D eigenvalue weighted by Gasteiger charge is -2.24. The molecule has 2 nitrogen and oxygen atoms in total. The summed E-state index contributed by atoms with van der Waals surface area (Å²) in [5.74, 6) is 0.286. The zero-order valence-corrected chi connectivity index (χ0v) is 12.6. The Labute approximate surface area is 116 Å². The van der Waals surface area contributed by atoms with Crippen molar-refractivity contribution in [1.29, 1.82) is 0 Å². The zero-order chi connectivity index (χ0) is 13.1. The fraction of sp³-hybridized carbons (Fsp3) is 0.462. The van der Waals surface area contributed by atoms with Crippen LogP contribution in [0.25, 0.3) is 0 Å². The van der Waals surface area contributed by atoms with E-state index in [1.165, 1.54) is 0 Å². The van der Waals surface area contributed by atoms with Crippen molar-refractivity contribution in [2.75, 3.05) is 5.88 Å². The van der Waals surface area contributed by atoms with E-state index in [1.807, 2.05) is 45.0 Å². The molecule has 4 heteroatoms. The third-order valence-corrected chi connectivity index (χ3v) is 3.86. The molecule has 1 N–H and O–H groups in total. The largest absolute Gasteiger partial charge is 0.349 e. The van der Waals surface area contributed by atoms with E-state index in [0.717, 1.165) is 10.0 Å². The number of halogens is 2. The Morgan fingerprint density at radius 3 is 2.41 bits per heavy atom. The molecule has 0 aromatic heterocycles. The maximum atomic E-state index is 11.9. The average molecular weight is 319 g/mol. The van der Waals surface area contributed by atoms with Gasteiger partial charge in [-0.05, 0) is 38.5 Å². The summed E-state index contributed by atoms with van der Waals surface area (Å²) in [6.45, 7) is 5.64. The van der Waals surface area contributed by atoms with Crippen LogP contribution in [-0.2, 0) is 4.79 Å². The Morgan fingerprint density at radius 2 is 1.94 bits per heavy atom. The molecule has 1 atom stereocenters. The highest BCUT2D eigenvalue weighted by Crippen LogP contribution is 2.21. The van der Waals surface area contributed by atoms with Gasteiger partial charge in [-0.3, -0.25) is 4.79 Å². The molecule has 0 spiro atoms. The lowest BCUT2D eigenvalue weighted by Crippen LogP contribution is -2.39. The Kier molecular flexibility index (Phi) is 5.02. The average Bonchev–Trinajstić information content (AvgIpc) is 2.29. The van der Waals surface area contributed by atoms with Gasteiger partial charge in [0.25, 0.3) is 0 Å². The molecular formula is C13H17BrClNO. The number of hydrogen-bond donors (Lipinski definition) is 1. The van der Waals surface area contributed by atoms with Crippen molar-refractivity contribution in [3.8, 4) is 0 Å². The first kappa shape index (κ1) is 14.5. The van der Waals surface area contributed by atoms with Crippen molar-refractivity contribution in [3.05, 3.63) is 34.3 Å². The van der Waals surface area contributed by atoms with Crippen molar-refractivity contribution in [2.24, 2.45) is 5.41 Å². The SMILES string of the molecule is C[C@H](NC(=O)C(C)(C)CCl)c1ccc(Br)cc1. The van der Waals surface area contributed by atoms with E-state index in [4.69, 9.17) is 11.6 Å². The van der Waals surface area contributed by atoms with Crippen LogP contribution >= 0.6 is 27.5 Å². The van der Waals surface area contributed by atoms with Crippen molar-refractivity contribution in [3.63, 3.8) is 0 Å². The monoisotopic (exact) mass is 317 g/mol. The van der Waals surface area contributed by atoms with E-state index in [0.29, 0.717) is 5.88 Å². The number of rotatable bonds is 4. The van der Waals surface area contributed by atoms with Gasteiger partial charge in [-0.1, -0.05) is 28.1 Å². The maximum Gasteiger partial charge on any atom is 0.227 e. The number of benzene rings is 1. The van der Waals surface area contributed by atoms with Crippen LogP contribution in [0.1, 0.15) is 32.4 Å². The summed E-state index contributed by atoms with van der Waals surface area (Å²) in [5, 5.41) is 2.97. The normalized spacial score (nSPS) is 13.2. The lowest BCUT2D eigenvalue weighted by atomic mass is 9.94. The summed E-state index contributed by atoms with van der Waals surface area (Å²) in [6.07, 6.45) is 0. The van der Waals surface area contributed by atoms with Crippen LogP contribution in [0.5, 0.6) is 0 Å². The molecule has 1 rings (SSSR count). The van der Waals surface area contributed by atoms with E-state index in [9.17, 15) is 4.79 Å². The minimum absolute atomic E-state index is 0.0157. The van der Waals surface area contributed by atoms with Crippen LogP contribution in [0, 0.1) is 5.41 Å². The van der Waals surface area contributed by atoms with Crippen LogP contribution in [0.15, 0.2) is 28.7 Å². The van der Waals surface area contributed by atoms with Gasteiger partial charge in [0.1, 0.15) is 0 Å². The summed E-state index contributed by atoms with van der Waals surface area (Å²) in [6, 6.07) is 7.89. The van der Waals surface area contributed by atoms with Gasteiger partial charge in [-0.2, -0.15) is 0 Å². The van der Waals surface area contributed by atoms with E-state index in [-0.39, 0.29) is 11.9 Å². The quantitative estimate of drug-likeness (QED) is 0.838. The second-order valence-corrected chi connectivity index (χ2v) is 5.95. The smallest absolute Gasteiger partial charge is 0.227 e. The van der Waals surface area contributed by atoms with Gasteiger partial charge < -0.3 is 5.32 Å². The third kappa shape index (κ3) is 4.00. The van der Waals surface area contributed by atoms with Crippen molar-refractivity contribution in [1.82, 2.24) is 5.32 Å². The molecular weight excluding hydrogens is 302 g/mol. The molecule has 0 saturated heterocycles. The summed E-state index contributed by atoms with van der Waals surface area (Å²) in [7, 11) is 0. The highest BCUT2D eigenvalue weighted by Gasteiger charge is 2.27. The van der Waals surface area contributed by atoms with Gasteiger partial charge in [0.2, 0.25) is 5.91 Å². The van der Waals surface area contributed by atoms with Crippen LogP contribution in [0.2, 0.25) is 0 Å². The molecule has 17 heavy (non-hydrogen) atoms. The fourth-order valence-electron chi connectivity index (χ4n) is 1.29. The lowest BCUT2D eigenvalue weighted by molar-refractivity contribution is -0.129. The Hall–Kier alpha value is -0.540. The van der Waals surface area contributed by atoms with Crippen molar-refractivity contribution >= 4 is 33.4 Å². The molecule has 0 heterocycles. The van der Waals surface area contributed by atoms with E-state index in [2.05, 4.69) is 21.2 Å². The van der Waals surface area contributed by atoms with Gasteiger partial charge in [-0.15, -0.1) is 11.6 Å². The zero-order valence-electron chi connectivity index (χ0n) is 10.3. The second kappa shape index (κ2) is 5.87. The second-order valence-electron chi connectivity index (χ2n) is 4.76. The van der Waals surface area contributed by atoms with Gasteiger partial charge in [-0.25, -0.2) is 0 Å². The molecule has 94 valence electrons. The summed E-state index contributed by atoms with van der Waals surface area (Å²) >= 11 is 9.15. The summed E-state index contributed by atoms with van der Waals surface area (Å²) in [5.41, 5.74) is 0.539. The molecule has 0 fully saturated rings. The fourth-order valence-corrected chi connectivity index (χ4v) is 1.67. The van der Waals surface area contributed by atoms with Gasteiger partial charge >= 0.3 is 0 Å². The van der Waals surface area contributed by atoms with Gasteiger partial charge in [0, 0.05) is 10.4 Å². The van der Waals surface area contributed by atoms with Gasteiger partial charge in [0.15, 0.2) is 0 Å². The van der Waals surface area contributed by atoms with Crippen LogP contribution in [-0.4, -0.2) is 11.8 Å². The molecule has 0 aliphatic carbocycles. The third-order valence-electron chi connectivity index (χ3n) is 2.67. The summed E-state index contributed by atoms with van der Waals surface area (Å²) < 4.78 is 1.03. The highest BCUT2D eigenvalue weighted by atomic mass is 79.9. The van der Waals surface area contributed by atoms with Crippen LogP contribution in [0.3, 0.4) is 0 Å². The topological polar surface area (TPSA) is 29.1 Å². The number of hydrogen-bond acceptors (Lipinski definition) is 1. The van der Waals surface area contributed by atoms with E-state index in [1.54, 1.807) is 0 Å². The molecule has 0 radical (unpaired) electrons. The molecule has 1 aromatic rings. The van der Waals surface area contributed by atoms with Gasteiger partial charge in [0.05, 0.1) is 11.5 Å². The molecule has 0 aliphatic rings. The first-order chi connectivity index (χ1) is 7.86. The molecule has 0 saturated carbocycles. The van der Waals surface area contributed by atoms with Crippen molar-refractivity contribution < 1.29 is 4.79 Å². The Bertz CT molecular complexity index is 389. The Balaban J connectivity index is 2.70. The maximum absolute atomic E-state index is 11.9. The van der Waals surface area contributed by atoms with Crippen LogP contribution in [0.4, 0.5) is 0 Å². The number of nitrogens with one attached hydrogen (secondary N) is 1. The predicted octanol–water partition coefficient (Wildman–Crippen LogP) is 3.89. The number of carbonyl (C=O) groups is 1. The molecule has 0 aliphatic heterocycles. The van der Waals surface area contributed by atoms with E-state index < -0.39 is 5.41 Å². The molecule has 0 unspecified atom stereocenters.